The minimum atomic E-state index is -0.298. The molecule has 0 saturated heterocycles. The number of fused-ring (bicyclic) bond motifs is 1. The summed E-state index contributed by atoms with van der Waals surface area (Å²) in [6.07, 6.45) is 0.927. The van der Waals surface area contributed by atoms with E-state index in [-0.39, 0.29) is 11.7 Å². The van der Waals surface area contributed by atoms with Crippen LogP contribution in [0.15, 0.2) is 18.2 Å². The van der Waals surface area contributed by atoms with Crippen molar-refractivity contribution < 1.29 is 9.18 Å². The van der Waals surface area contributed by atoms with E-state index in [0.717, 1.165) is 11.3 Å². The van der Waals surface area contributed by atoms with Crippen molar-refractivity contribution in [3.63, 3.8) is 0 Å². The van der Waals surface area contributed by atoms with Crippen LogP contribution >= 0.6 is 0 Å². The lowest BCUT2D eigenvalue weighted by Gasteiger charge is -2.04. The number of hydrogen-bond acceptors (Lipinski definition) is 3. The highest BCUT2D eigenvalue weighted by Gasteiger charge is 2.08. The van der Waals surface area contributed by atoms with Crippen LogP contribution in [0.5, 0.6) is 0 Å². The Morgan fingerprint density at radius 3 is 3.05 bits per heavy atom. The summed E-state index contributed by atoms with van der Waals surface area (Å²) in [5.41, 5.74) is 6.80. The molecule has 3 N–H and O–H groups in total. The van der Waals surface area contributed by atoms with Crippen LogP contribution in [-0.2, 0) is 18.3 Å². The number of benzene rings is 1. The predicted octanol–water partition coefficient (Wildman–Crippen LogP) is 0.720. The lowest BCUT2D eigenvalue weighted by molar-refractivity contribution is -0.120. The zero-order chi connectivity index (χ0) is 13.8. The van der Waals surface area contributed by atoms with Gasteiger partial charge in [0.2, 0.25) is 5.91 Å². The topological polar surface area (TPSA) is 72.9 Å². The van der Waals surface area contributed by atoms with Crippen LogP contribution in [0.2, 0.25) is 0 Å². The molecule has 0 aliphatic heterocycles. The smallest absolute Gasteiger partial charge is 0.221 e. The molecule has 0 unspecified atom stereocenters. The molecule has 6 heteroatoms. The molecule has 1 aromatic carbocycles. The van der Waals surface area contributed by atoms with E-state index >= 15 is 0 Å². The van der Waals surface area contributed by atoms with Gasteiger partial charge in [0.05, 0.1) is 11.0 Å². The highest BCUT2D eigenvalue weighted by molar-refractivity contribution is 5.76. The second-order valence-corrected chi connectivity index (χ2v) is 4.36. The third kappa shape index (κ3) is 3.08. The number of aryl methyl sites for hydroxylation is 1. The molecule has 102 valence electrons. The summed E-state index contributed by atoms with van der Waals surface area (Å²) in [6.45, 7) is 0.843. The predicted molar refractivity (Wildman–Crippen MR) is 71.1 cm³/mol. The molecule has 0 bridgehead atoms. The van der Waals surface area contributed by atoms with Gasteiger partial charge in [-0.25, -0.2) is 9.37 Å². The molecule has 0 fully saturated rings. The third-order valence-corrected chi connectivity index (χ3v) is 2.98. The van der Waals surface area contributed by atoms with Gasteiger partial charge in [-0.3, -0.25) is 4.79 Å². The molecule has 5 nitrogen and oxygen atoms in total. The number of amides is 1. The zero-order valence-corrected chi connectivity index (χ0v) is 10.8. The Labute approximate surface area is 110 Å². The quantitative estimate of drug-likeness (QED) is 0.835. The largest absolute Gasteiger partial charge is 0.356 e. The van der Waals surface area contributed by atoms with Gasteiger partial charge in [-0.1, -0.05) is 0 Å². The summed E-state index contributed by atoms with van der Waals surface area (Å²) in [5, 5.41) is 2.77. The standard InChI is InChI=1S/C13H17FN4O/c1-18-11-3-2-9(14)8-10(11)17-12(18)5-7-16-13(19)4-6-15/h2-3,8H,4-7,15H2,1H3,(H,16,19). The van der Waals surface area contributed by atoms with E-state index in [9.17, 15) is 9.18 Å². The first-order valence-corrected chi connectivity index (χ1v) is 6.19. The molecule has 0 radical (unpaired) electrons. The minimum Gasteiger partial charge on any atom is -0.356 e. The number of imidazole rings is 1. The summed E-state index contributed by atoms with van der Waals surface area (Å²) in [4.78, 5) is 15.6. The van der Waals surface area contributed by atoms with E-state index in [4.69, 9.17) is 5.73 Å². The lowest BCUT2D eigenvalue weighted by atomic mass is 10.3. The second-order valence-electron chi connectivity index (χ2n) is 4.36. The van der Waals surface area contributed by atoms with Crippen molar-refractivity contribution >= 4 is 16.9 Å². The maximum atomic E-state index is 13.1. The third-order valence-electron chi connectivity index (χ3n) is 2.98. The minimum absolute atomic E-state index is 0.0627. The first-order chi connectivity index (χ1) is 9.11. The average Bonchev–Trinajstić information content (AvgIpc) is 2.66. The van der Waals surface area contributed by atoms with Crippen LogP contribution in [0.25, 0.3) is 11.0 Å². The van der Waals surface area contributed by atoms with Crippen molar-refractivity contribution in [1.82, 2.24) is 14.9 Å². The Morgan fingerprint density at radius 1 is 1.53 bits per heavy atom. The van der Waals surface area contributed by atoms with Crippen LogP contribution in [0.3, 0.4) is 0 Å². The number of nitrogens with zero attached hydrogens (tertiary/aromatic N) is 2. The molecule has 0 aliphatic rings. The number of nitrogens with one attached hydrogen (secondary N) is 1. The molecule has 2 aromatic rings. The van der Waals surface area contributed by atoms with Gasteiger partial charge in [-0.05, 0) is 12.1 Å². The Kier molecular flexibility index (Phi) is 4.11. The van der Waals surface area contributed by atoms with Crippen LogP contribution < -0.4 is 11.1 Å². The van der Waals surface area contributed by atoms with Gasteiger partial charge in [0.15, 0.2) is 0 Å². The first-order valence-electron chi connectivity index (χ1n) is 6.19. The van der Waals surface area contributed by atoms with E-state index in [1.807, 2.05) is 11.6 Å². The van der Waals surface area contributed by atoms with Crippen LogP contribution in [0, 0.1) is 5.82 Å². The highest BCUT2D eigenvalue weighted by Crippen LogP contribution is 2.16. The SMILES string of the molecule is Cn1c(CCNC(=O)CCN)nc2cc(F)ccc21. The van der Waals surface area contributed by atoms with Gasteiger partial charge in [0.1, 0.15) is 11.6 Å². The average molecular weight is 264 g/mol. The highest BCUT2D eigenvalue weighted by atomic mass is 19.1. The van der Waals surface area contributed by atoms with Gasteiger partial charge >= 0.3 is 0 Å². The molecule has 2 rings (SSSR count). The van der Waals surface area contributed by atoms with Crippen molar-refractivity contribution in [2.24, 2.45) is 12.8 Å². The van der Waals surface area contributed by atoms with Crippen molar-refractivity contribution in [2.75, 3.05) is 13.1 Å². The van der Waals surface area contributed by atoms with E-state index < -0.39 is 0 Å². The van der Waals surface area contributed by atoms with Gasteiger partial charge in [-0.15, -0.1) is 0 Å². The second kappa shape index (κ2) is 5.79. The van der Waals surface area contributed by atoms with Crippen molar-refractivity contribution in [3.8, 4) is 0 Å². The fraction of sp³-hybridized carbons (Fsp3) is 0.385. The number of aromatic nitrogens is 2. The van der Waals surface area contributed by atoms with Crippen molar-refractivity contribution in [2.45, 2.75) is 12.8 Å². The number of halogens is 1. The summed E-state index contributed by atoms with van der Waals surface area (Å²) in [6, 6.07) is 4.52. The molecule has 0 saturated carbocycles. The summed E-state index contributed by atoms with van der Waals surface area (Å²) in [7, 11) is 1.88. The number of rotatable bonds is 5. The summed E-state index contributed by atoms with van der Waals surface area (Å²) < 4.78 is 15.0. The van der Waals surface area contributed by atoms with Gasteiger partial charge < -0.3 is 15.6 Å². The number of carbonyl (C=O) groups excluding carboxylic acids is 1. The van der Waals surface area contributed by atoms with Crippen molar-refractivity contribution in [3.05, 3.63) is 29.8 Å². The Morgan fingerprint density at radius 2 is 2.32 bits per heavy atom. The molecule has 19 heavy (non-hydrogen) atoms. The maximum Gasteiger partial charge on any atom is 0.221 e. The Bertz CT molecular complexity index is 594. The summed E-state index contributed by atoms with van der Waals surface area (Å²) >= 11 is 0. The van der Waals surface area contributed by atoms with E-state index in [1.54, 1.807) is 6.07 Å². The molecule has 0 spiro atoms. The van der Waals surface area contributed by atoms with Gasteiger partial charge in [-0.2, -0.15) is 0 Å². The normalized spacial score (nSPS) is 10.9. The molecular weight excluding hydrogens is 247 g/mol. The molecule has 1 amide bonds. The van der Waals surface area contributed by atoms with Crippen LogP contribution in [0.1, 0.15) is 12.2 Å². The Balaban J connectivity index is 2.05. The number of carbonyl (C=O) groups is 1. The van der Waals surface area contributed by atoms with Crippen molar-refractivity contribution in [1.29, 1.82) is 0 Å². The molecule has 1 aromatic heterocycles. The van der Waals surface area contributed by atoms with Crippen LogP contribution in [0.4, 0.5) is 4.39 Å². The molecule has 1 heterocycles. The fourth-order valence-electron chi connectivity index (χ4n) is 1.98. The lowest BCUT2D eigenvalue weighted by Crippen LogP contribution is -2.28. The molecule has 0 aliphatic carbocycles. The molecular formula is C13H17FN4O. The zero-order valence-electron chi connectivity index (χ0n) is 10.8. The monoisotopic (exact) mass is 264 g/mol. The maximum absolute atomic E-state index is 13.1. The van der Waals surface area contributed by atoms with Gasteiger partial charge in [0, 0.05) is 39.0 Å². The van der Waals surface area contributed by atoms with E-state index in [2.05, 4.69) is 10.3 Å². The van der Waals surface area contributed by atoms with Gasteiger partial charge in [0.25, 0.3) is 0 Å². The fourth-order valence-corrected chi connectivity index (χ4v) is 1.98. The first kappa shape index (κ1) is 13.5. The van der Waals surface area contributed by atoms with Crippen LogP contribution in [-0.4, -0.2) is 28.5 Å². The van der Waals surface area contributed by atoms with E-state index in [1.165, 1.54) is 12.1 Å². The number of nitrogens with two attached hydrogens (primary N) is 1. The summed E-state index contributed by atoms with van der Waals surface area (Å²) in [5.74, 6) is 0.453. The Hall–Kier alpha value is -1.95. The van der Waals surface area contributed by atoms with E-state index in [0.29, 0.717) is 31.4 Å². The molecule has 0 atom stereocenters. The number of hydrogen-bond donors (Lipinski definition) is 2.